The first-order valence-corrected chi connectivity index (χ1v) is 9.45. The van der Waals surface area contributed by atoms with Crippen molar-refractivity contribution in [1.29, 1.82) is 0 Å². The Morgan fingerprint density at radius 2 is 1.36 bits per heavy atom. The van der Waals surface area contributed by atoms with Crippen molar-refractivity contribution in [2.45, 2.75) is 96.8 Å². The number of nitrogens with zero attached hydrogens (tertiary/aromatic N) is 1. The molecule has 132 valence electrons. The van der Waals surface area contributed by atoms with E-state index in [0.29, 0.717) is 5.91 Å². The first-order valence-electron chi connectivity index (χ1n) is 9.45. The Bertz CT molecular complexity index is 246. The molecule has 1 saturated heterocycles. The Labute approximate surface area is 138 Å². The highest BCUT2D eigenvalue weighted by Gasteiger charge is 2.15. The largest absolute Gasteiger partial charge is 0.343 e. The van der Waals surface area contributed by atoms with Crippen molar-refractivity contribution >= 4 is 5.91 Å². The number of hydrogen-bond donors (Lipinski definition) is 2. The van der Waals surface area contributed by atoms with Gasteiger partial charge in [-0.15, -0.1) is 0 Å². The lowest BCUT2D eigenvalue weighted by Gasteiger charge is -2.20. The van der Waals surface area contributed by atoms with Crippen LogP contribution in [-0.4, -0.2) is 23.9 Å². The predicted molar refractivity (Wildman–Crippen MR) is 95.3 cm³/mol. The molecule has 4 nitrogen and oxygen atoms in total. The third kappa shape index (κ3) is 12.0. The maximum Gasteiger partial charge on any atom is 0.222 e. The fraction of sp³-hybridized carbons (Fsp3) is 0.944. The molecule has 1 aliphatic rings. The van der Waals surface area contributed by atoms with Gasteiger partial charge in [0, 0.05) is 19.5 Å². The molecule has 4 heteroatoms. The third-order valence-electron chi connectivity index (χ3n) is 4.45. The molecule has 0 aromatic rings. The Morgan fingerprint density at radius 3 is 1.95 bits per heavy atom. The summed E-state index contributed by atoms with van der Waals surface area (Å²) in [6.07, 6.45) is 18.0. The van der Waals surface area contributed by atoms with Crippen LogP contribution in [0, 0.1) is 0 Å². The zero-order chi connectivity index (χ0) is 16.5. The first kappa shape index (κ1) is 21.4. The molecule has 1 heterocycles. The number of carbonyl (C=O) groups is 1. The summed E-state index contributed by atoms with van der Waals surface area (Å²) in [5, 5.41) is 0. The van der Waals surface area contributed by atoms with E-state index in [2.05, 4.69) is 23.5 Å². The van der Waals surface area contributed by atoms with Gasteiger partial charge in [0.1, 0.15) is 0 Å². The molecule has 1 aliphatic heterocycles. The van der Waals surface area contributed by atoms with E-state index in [1.807, 2.05) is 0 Å². The van der Waals surface area contributed by atoms with Gasteiger partial charge in [-0.05, 0) is 19.3 Å². The van der Waals surface area contributed by atoms with Crippen LogP contribution in [0.3, 0.4) is 0 Å². The van der Waals surface area contributed by atoms with Crippen LogP contribution in [-0.2, 0) is 4.79 Å². The normalized spacial score (nSPS) is 15.2. The molecule has 1 amide bonds. The van der Waals surface area contributed by atoms with Gasteiger partial charge < -0.3 is 4.90 Å². The van der Waals surface area contributed by atoms with Gasteiger partial charge in [-0.3, -0.25) is 16.5 Å². The van der Waals surface area contributed by atoms with Crippen LogP contribution in [0.1, 0.15) is 96.8 Å². The lowest BCUT2D eigenvalue weighted by Crippen LogP contribution is -2.31. The van der Waals surface area contributed by atoms with Crippen LogP contribution >= 0.6 is 0 Å². The van der Waals surface area contributed by atoms with Gasteiger partial charge >= 0.3 is 0 Å². The molecule has 0 unspecified atom stereocenters. The van der Waals surface area contributed by atoms with Crippen molar-refractivity contribution < 1.29 is 4.79 Å². The van der Waals surface area contributed by atoms with Gasteiger partial charge in [-0.25, -0.2) is 0 Å². The number of nitrogens with two attached hydrogens (primary N) is 2. The average molecular weight is 314 g/mol. The van der Waals surface area contributed by atoms with Gasteiger partial charge in [0.2, 0.25) is 5.91 Å². The van der Waals surface area contributed by atoms with E-state index in [-0.39, 0.29) is 0 Å². The SMILES string of the molecule is CCCCCCCCCCCCN1CCCCCC1=O.NN. The second-order valence-electron chi connectivity index (χ2n) is 6.37. The number of hydrazine groups is 1. The van der Waals surface area contributed by atoms with Crippen LogP contribution in [0.5, 0.6) is 0 Å². The molecule has 1 fully saturated rings. The van der Waals surface area contributed by atoms with Crippen molar-refractivity contribution in [3.63, 3.8) is 0 Å². The van der Waals surface area contributed by atoms with E-state index >= 15 is 0 Å². The molecule has 0 saturated carbocycles. The summed E-state index contributed by atoms with van der Waals surface area (Å²) in [5.41, 5.74) is 0. The molecule has 22 heavy (non-hydrogen) atoms. The summed E-state index contributed by atoms with van der Waals surface area (Å²) in [6.45, 7) is 4.29. The summed E-state index contributed by atoms with van der Waals surface area (Å²) < 4.78 is 0. The molecular weight excluding hydrogens is 274 g/mol. The lowest BCUT2D eigenvalue weighted by molar-refractivity contribution is -0.130. The van der Waals surface area contributed by atoms with E-state index in [0.717, 1.165) is 25.9 Å². The quantitative estimate of drug-likeness (QED) is 0.342. The number of hydrogen-bond acceptors (Lipinski definition) is 3. The maximum absolute atomic E-state index is 11.8. The zero-order valence-corrected chi connectivity index (χ0v) is 14.8. The highest BCUT2D eigenvalue weighted by Crippen LogP contribution is 2.14. The van der Waals surface area contributed by atoms with Crippen molar-refractivity contribution in [2.75, 3.05) is 13.1 Å². The topological polar surface area (TPSA) is 72.3 Å². The summed E-state index contributed by atoms with van der Waals surface area (Å²) in [4.78, 5) is 13.9. The van der Waals surface area contributed by atoms with Crippen LogP contribution in [0.25, 0.3) is 0 Å². The van der Waals surface area contributed by atoms with Gasteiger partial charge in [0.05, 0.1) is 0 Å². The maximum atomic E-state index is 11.8. The minimum Gasteiger partial charge on any atom is -0.343 e. The van der Waals surface area contributed by atoms with E-state index in [1.165, 1.54) is 77.0 Å². The van der Waals surface area contributed by atoms with Crippen molar-refractivity contribution in [2.24, 2.45) is 11.7 Å². The third-order valence-corrected chi connectivity index (χ3v) is 4.45. The second kappa shape index (κ2) is 16.8. The Balaban J connectivity index is 0.00000211. The molecule has 0 radical (unpaired) electrons. The van der Waals surface area contributed by atoms with Gasteiger partial charge in [-0.1, -0.05) is 71.1 Å². The lowest BCUT2D eigenvalue weighted by atomic mass is 10.1. The zero-order valence-electron chi connectivity index (χ0n) is 14.8. The van der Waals surface area contributed by atoms with Gasteiger partial charge in [0.25, 0.3) is 0 Å². The minimum atomic E-state index is 0.401. The Morgan fingerprint density at radius 1 is 0.818 bits per heavy atom. The van der Waals surface area contributed by atoms with Crippen LogP contribution in [0.4, 0.5) is 0 Å². The molecule has 1 rings (SSSR count). The van der Waals surface area contributed by atoms with Crippen LogP contribution in [0.15, 0.2) is 0 Å². The van der Waals surface area contributed by atoms with Gasteiger partial charge in [0.15, 0.2) is 0 Å². The molecule has 0 bridgehead atoms. The fourth-order valence-electron chi connectivity index (χ4n) is 3.07. The van der Waals surface area contributed by atoms with Crippen LogP contribution in [0.2, 0.25) is 0 Å². The van der Waals surface area contributed by atoms with E-state index in [9.17, 15) is 4.79 Å². The highest BCUT2D eigenvalue weighted by atomic mass is 16.2. The fourth-order valence-corrected chi connectivity index (χ4v) is 3.07. The Hall–Kier alpha value is -0.610. The molecule has 0 aromatic carbocycles. The van der Waals surface area contributed by atoms with Crippen molar-refractivity contribution in [3.05, 3.63) is 0 Å². The molecule has 0 spiro atoms. The molecule has 0 aliphatic carbocycles. The smallest absolute Gasteiger partial charge is 0.222 e. The van der Waals surface area contributed by atoms with E-state index < -0.39 is 0 Å². The number of unbranched alkanes of at least 4 members (excludes halogenated alkanes) is 9. The first-order chi connectivity index (χ1) is 10.8. The molecule has 0 aromatic heterocycles. The standard InChI is InChI=1S/C18H35NO.H4N2/c1-2-3-4-5-6-7-8-9-10-13-16-19-17-14-11-12-15-18(19)20;1-2/h2-17H2,1H3;1-2H2. The molecular formula is C18H39N3O. The van der Waals surface area contributed by atoms with Gasteiger partial charge in [-0.2, -0.15) is 0 Å². The van der Waals surface area contributed by atoms with E-state index in [4.69, 9.17) is 0 Å². The number of carbonyl (C=O) groups excluding carboxylic acids is 1. The summed E-state index contributed by atoms with van der Waals surface area (Å²) in [6, 6.07) is 0. The van der Waals surface area contributed by atoms with Crippen LogP contribution < -0.4 is 11.7 Å². The monoisotopic (exact) mass is 313 g/mol. The molecule has 4 N–H and O–H groups in total. The summed E-state index contributed by atoms with van der Waals surface area (Å²) in [5.74, 6) is 8.40. The number of likely N-dealkylation sites (tertiary alicyclic amines) is 1. The molecule has 0 atom stereocenters. The van der Waals surface area contributed by atoms with E-state index in [1.54, 1.807) is 0 Å². The van der Waals surface area contributed by atoms with Crippen molar-refractivity contribution in [1.82, 2.24) is 4.90 Å². The van der Waals surface area contributed by atoms with Crippen molar-refractivity contribution in [3.8, 4) is 0 Å². The summed E-state index contributed by atoms with van der Waals surface area (Å²) in [7, 11) is 0. The second-order valence-corrected chi connectivity index (χ2v) is 6.37. The summed E-state index contributed by atoms with van der Waals surface area (Å²) >= 11 is 0. The number of rotatable bonds is 11. The Kier molecular flexibility index (Phi) is 16.3. The highest BCUT2D eigenvalue weighted by molar-refractivity contribution is 5.76. The minimum absolute atomic E-state index is 0.401. The predicted octanol–water partition coefficient (Wildman–Crippen LogP) is 4.13. The average Bonchev–Trinajstić information content (AvgIpc) is 2.76. The number of amides is 1.